The van der Waals surface area contributed by atoms with Gasteiger partial charge in [0.25, 0.3) is 0 Å². The summed E-state index contributed by atoms with van der Waals surface area (Å²) < 4.78 is 5.16. The van der Waals surface area contributed by atoms with Gasteiger partial charge in [0.1, 0.15) is 0 Å². The summed E-state index contributed by atoms with van der Waals surface area (Å²) in [4.78, 5) is 11.3. The Hall–Kier alpha value is -1.23. The summed E-state index contributed by atoms with van der Waals surface area (Å²) in [5.41, 5.74) is 5.92. The van der Waals surface area contributed by atoms with Gasteiger partial charge in [0.05, 0.1) is 22.3 Å². The number of anilines is 1. The average molecular weight is 260 g/mol. The number of ether oxygens (including phenoxy) is 1. The Balaban J connectivity index is 3.06. The molecule has 0 fully saturated rings. The van der Waals surface area contributed by atoms with Crippen molar-refractivity contribution in [3.05, 3.63) is 22.2 Å². The number of nitrogen functional groups attached to an aromatic ring is 1. The molecular formula is C9H10BrNO3. The lowest BCUT2D eigenvalue weighted by atomic mass is 10.2. The van der Waals surface area contributed by atoms with Crippen LogP contribution in [-0.2, 0) is 4.74 Å². The highest BCUT2D eigenvalue weighted by atomic mass is 79.9. The Morgan fingerprint density at radius 3 is 2.79 bits per heavy atom. The van der Waals surface area contributed by atoms with E-state index < -0.39 is 5.97 Å². The van der Waals surface area contributed by atoms with E-state index in [-0.39, 0.29) is 11.4 Å². The zero-order valence-corrected chi connectivity index (χ0v) is 9.17. The summed E-state index contributed by atoms with van der Waals surface area (Å²) in [5, 5.41) is 9.32. The number of benzene rings is 1. The molecule has 14 heavy (non-hydrogen) atoms. The van der Waals surface area contributed by atoms with Crippen molar-refractivity contribution in [1.29, 1.82) is 0 Å². The molecule has 0 spiro atoms. The number of phenols is 1. The highest BCUT2D eigenvalue weighted by Crippen LogP contribution is 2.31. The first-order valence-corrected chi connectivity index (χ1v) is 4.80. The van der Waals surface area contributed by atoms with E-state index in [2.05, 4.69) is 15.9 Å². The fourth-order valence-electron chi connectivity index (χ4n) is 0.953. The molecule has 1 aromatic rings. The maximum Gasteiger partial charge on any atom is 0.338 e. The van der Waals surface area contributed by atoms with E-state index in [1.54, 1.807) is 6.92 Å². The van der Waals surface area contributed by atoms with E-state index in [0.717, 1.165) is 0 Å². The molecule has 1 aromatic carbocycles. The minimum Gasteiger partial charge on any atom is -0.505 e. The van der Waals surface area contributed by atoms with Crippen molar-refractivity contribution in [1.82, 2.24) is 0 Å². The van der Waals surface area contributed by atoms with Crippen molar-refractivity contribution in [2.24, 2.45) is 0 Å². The largest absolute Gasteiger partial charge is 0.505 e. The van der Waals surface area contributed by atoms with E-state index in [9.17, 15) is 9.90 Å². The van der Waals surface area contributed by atoms with Crippen molar-refractivity contribution >= 4 is 27.6 Å². The summed E-state index contributed by atoms with van der Waals surface area (Å²) in [6.45, 7) is 2.02. The summed E-state index contributed by atoms with van der Waals surface area (Å²) >= 11 is 3.08. The zero-order valence-electron chi connectivity index (χ0n) is 7.58. The topological polar surface area (TPSA) is 72.5 Å². The van der Waals surface area contributed by atoms with Gasteiger partial charge in [-0.3, -0.25) is 0 Å². The number of hydrogen-bond acceptors (Lipinski definition) is 4. The SMILES string of the molecule is CCOC(=O)c1cc(N)c(O)c(Br)c1. The monoisotopic (exact) mass is 259 g/mol. The summed E-state index contributed by atoms with van der Waals surface area (Å²) in [5.74, 6) is -0.530. The van der Waals surface area contributed by atoms with Gasteiger partial charge in [0, 0.05) is 0 Å². The van der Waals surface area contributed by atoms with Crippen LogP contribution >= 0.6 is 15.9 Å². The first kappa shape index (κ1) is 10.8. The Morgan fingerprint density at radius 2 is 2.29 bits per heavy atom. The molecule has 0 aliphatic rings. The number of rotatable bonds is 2. The standard InChI is InChI=1S/C9H10BrNO3/c1-2-14-9(13)5-3-6(10)8(12)7(11)4-5/h3-4,12H,2,11H2,1H3. The van der Waals surface area contributed by atoms with E-state index in [4.69, 9.17) is 10.5 Å². The molecule has 0 saturated heterocycles. The third-order valence-corrected chi connectivity index (χ3v) is 2.21. The van der Waals surface area contributed by atoms with Gasteiger partial charge in [-0.15, -0.1) is 0 Å². The number of aromatic hydroxyl groups is 1. The van der Waals surface area contributed by atoms with Gasteiger partial charge in [0.15, 0.2) is 5.75 Å². The van der Waals surface area contributed by atoms with E-state index in [1.807, 2.05) is 0 Å². The van der Waals surface area contributed by atoms with Crippen LogP contribution in [0.3, 0.4) is 0 Å². The van der Waals surface area contributed by atoms with Crippen LogP contribution in [0.2, 0.25) is 0 Å². The third-order valence-electron chi connectivity index (χ3n) is 1.60. The molecule has 0 unspecified atom stereocenters. The van der Waals surface area contributed by atoms with Gasteiger partial charge < -0.3 is 15.6 Å². The average Bonchev–Trinajstić information content (AvgIpc) is 2.13. The molecule has 3 N–H and O–H groups in total. The predicted molar refractivity (Wildman–Crippen MR) is 56.2 cm³/mol. The maximum atomic E-state index is 11.3. The van der Waals surface area contributed by atoms with Crippen molar-refractivity contribution in [3.8, 4) is 5.75 Å². The second kappa shape index (κ2) is 4.32. The highest BCUT2D eigenvalue weighted by molar-refractivity contribution is 9.10. The maximum absolute atomic E-state index is 11.3. The number of esters is 1. The molecular weight excluding hydrogens is 250 g/mol. The zero-order chi connectivity index (χ0) is 10.7. The van der Waals surface area contributed by atoms with Gasteiger partial charge in [-0.2, -0.15) is 0 Å². The van der Waals surface area contributed by atoms with E-state index >= 15 is 0 Å². The van der Waals surface area contributed by atoms with Gasteiger partial charge in [-0.05, 0) is 35.0 Å². The van der Waals surface area contributed by atoms with E-state index in [1.165, 1.54) is 12.1 Å². The lowest BCUT2D eigenvalue weighted by Crippen LogP contribution is -2.05. The smallest absolute Gasteiger partial charge is 0.338 e. The minimum absolute atomic E-state index is 0.0713. The number of carbonyl (C=O) groups excluding carboxylic acids is 1. The Bertz CT molecular complexity index is 342. The molecule has 5 heteroatoms. The molecule has 0 atom stereocenters. The second-order valence-corrected chi connectivity index (χ2v) is 3.47. The van der Waals surface area contributed by atoms with Crippen LogP contribution in [0.4, 0.5) is 5.69 Å². The van der Waals surface area contributed by atoms with E-state index in [0.29, 0.717) is 16.6 Å². The second-order valence-electron chi connectivity index (χ2n) is 2.62. The first-order chi connectivity index (χ1) is 6.56. The molecule has 1 rings (SSSR count). The Morgan fingerprint density at radius 1 is 1.64 bits per heavy atom. The number of phenolic OH excluding ortho intramolecular Hbond substituents is 1. The van der Waals surface area contributed by atoms with Gasteiger partial charge in [-0.1, -0.05) is 0 Å². The van der Waals surface area contributed by atoms with Crippen LogP contribution < -0.4 is 5.73 Å². The normalized spacial score (nSPS) is 9.86. The van der Waals surface area contributed by atoms with Crippen LogP contribution in [-0.4, -0.2) is 17.7 Å². The summed E-state index contributed by atoms with van der Waals surface area (Å²) in [7, 11) is 0. The molecule has 0 amide bonds. The lowest BCUT2D eigenvalue weighted by Gasteiger charge is -2.05. The fourth-order valence-corrected chi connectivity index (χ4v) is 1.43. The number of carbonyl (C=O) groups is 1. The van der Waals surface area contributed by atoms with Crippen LogP contribution in [0, 0.1) is 0 Å². The number of nitrogens with two attached hydrogens (primary N) is 1. The first-order valence-electron chi connectivity index (χ1n) is 4.01. The van der Waals surface area contributed by atoms with Gasteiger partial charge >= 0.3 is 5.97 Å². The minimum atomic E-state index is -0.458. The molecule has 76 valence electrons. The van der Waals surface area contributed by atoms with Gasteiger partial charge in [0.2, 0.25) is 0 Å². The van der Waals surface area contributed by atoms with Crippen molar-refractivity contribution < 1.29 is 14.6 Å². The van der Waals surface area contributed by atoms with Crippen LogP contribution in [0.5, 0.6) is 5.75 Å². The van der Waals surface area contributed by atoms with Crippen LogP contribution in [0.15, 0.2) is 16.6 Å². The van der Waals surface area contributed by atoms with Crippen molar-refractivity contribution in [2.75, 3.05) is 12.3 Å². The molecule has 4 nitrogen and oxygen atoms in total. The molecule has 0 aliphatic carbocycles. The molecule has 0 bridgehead atoms. The molecule has 0 aliphatic heterocycles. The molecule has 0 heterocycles. The Labute approximate surface area is 89.8 Å². The molecule has 0 aromatic heterocycles. The summed E-state index contributed by atoms with van der Waals surface area (Å²) in [6, 6.07) is 2.84. The van der Waals surface area contributed by atoms with Gasteiger partial charge in [-0.25, -0.2) is 4.79 Å². The molecule has 0 radical (unpaired) electrons. The van der Waals surface area contributed by atoms with Crippen LogP contribution in [0.25, 0.3) is 0 Å². The van der Waals surface area contributed by atoms with Crippen molar-refractivity contribution in [2.45, 2.75) is 6.92 Å². The Kier molecular flexibility index (Phi) is 3.35. The molecule has 0 saturated carbocycles. The lowest BCUT2D eigenvalue weighted by molar-refractivity contribution is 0.0526. The predicted octanol–water partition coefficient (Wildman–Crippen LogP) is 1.91. The van der Waals surface area contributed by atoms with Crippen molar-refractivity contribution in [3.63, 3.8) is 0 Å². The fraction of sp³-hybridized carbons (Fsp3) is 0.222. The van der Waals surface area contributed by atoms with Crippen LogP contribution in [0.1, 0.15) is 17.3 Å². The highest BCUT2D eigenvalue weighted by Gasteiger charge is 2.11. The third kappa shape index (κ3) is 2.17. The quantitative estimate of drug-likeness (QED) is 0.484. The number of hydrogen-bond donors (Lipinski definition) is 2. The number of halogens is 1. The summed E-state index contributed by atoms with van der Waals surface area (Å²) in [6.07, 6.45) is 0.